The number of carbonyl (C=O) groups is 1. The van der Waals surface area contributed by atoms with Gasteiger partial charge >= 0.3 is 0 Å². The average Bonchev–Trinajstić information content (AvgIpc) is 3.26. The molecule has 1 aliphatic carbocycles. The summed E-state index contributed by atoms with van der Waals surface area (Å²) in [6.45, 7) is 8.36. The van der Waals surface area contributed by atoms with Gasteiger partial charge in [0.15, 0.2) is 0 Å². The lowest BCUT2D eigenvalue weighted by Crippen LogP contribution is -2.58. The van der Waals surface area contributed by atoms with Gasteiger partial charge in [0, 0.05) is 44.7 Å². The summed E-state index contributed by atoms with van der Waals surface area (Å²) in [5, 5.41) is 13.8. The molecule has 0 bridgehead atoms. The van der Waals surface area contributed by atoms with Gasteiger partial charge in [-0.15, -0.1) is 0 Å². The molecule has 4 aliphatic rings. The van der Waals surface area contributed by atoms with Crippen LogP contribution in [0.1, 0.15) is 65.7 Å². The molecule has 0 radical (unpaired) electrons. The fourth-order valence-electron chi connectivity index (χ4n) is 6.14. The van der Waals surface area contributed by atoms with Crippen molar-refractivity contribution in [2.75, 3.05) is 20.1 Å². The zero-order valence-corrected chi connectivity index (χ0v) is 18.8. The molecule has 7 atom stereocenters. The number of rotatable bonds is 5. The van der Waals surface area contributed by atoms with Crippen LogP contribution in [0.15, 0.2) is 0 Å². The highest BCUT2D eigenvalue weighted by Crippen LogP contribution is 2.36. The van der Waals surface area contributed by atoms with Gasteiger partial charge in [0.25, 0.3) is 0 Å². The monoisotopic (exact) mass is 406 g/mol. The van der Waals surface area contributed by atoms with E-state index in [9.17, 15) is 4.79 Å². The van der Waals surface area contributed by atoms with Crippen molar-refractivity contribution in [3.63, 3.8) is 0 Å². The average molecular weight is 407 g/mol. The molecule has 4 rings (SSSR count). The smallest absolute Gasteiger partial charge is 0.219 e. The number of amides is 1. The number of piperidine rings is 1. The maximum atomic E-state index is 11.8. The summed E-state index contributed by atoms with van der Waals surface area (Å²) in [5.74, 6) is 1.61. The molecule has 7 nitrogen and oxygen atoms in total. The Morgan fingerprint density at radius 2 is 1.83 bits per heavy atom. The first kappa shape index (κ1) is 21.5. The minimum Gasteiger partial charge on any atom is -0.340 e. The molecule has 4 N–H and O–H groups in total. The van der Waals surface area contributed by atoms with Gasteiger partial charge in [0.2, 0.25) is 5.91 Å². The molecule has 3 saturated heterocycles. The van der Waals surface area contributed by atoms with Gasteiger partial charge in [-0.1, -0.05) is 13.8 Å². The molecule has 3 heterocycles. The van der Waals surface area contributed by atoms with Crippen LogP contribution < -0.4 is 21.4 Å². The first-order valence-electron chi connectivity index (χ1n) is 11.9. The highest BCUT2D eigenvalue weighted by Gasteiger charge is 2.40. The predicted octanol–water partition coefficient (Wildman–Crippen LogP) is 1.22. The molecule has 7 unspecified atom stereocenters. The summed E-state index contributed by atoms with van der Waals surface area (Å²) in [7, 11) is 2.17. The fraction of sp³-hybridized carbons (Fsp3) is 0.955. The van der Waals surface area contributed by atoms with Crippen molar-refractivity contribution in [1.29, 1.82) is 0 Å². The molecule has 0 spiro atoms. The summed E-state index contributed by atoms with van der Waals surface area (Å²) in [5.41, 5.74) is 3.61. The van der Waals surface area contributed by atoms with Gasteiger partial charge in [0.1, 0.15) is 0 Å². The first-order valence-corrected chi connectivity index (χ1v) is 11.9. The Bertz CT molecular complexity index is 572. The number of hydrogen-bond acceptors (Lipinski definition) is 6. The minimum atomic E-state index is 0.262. The van der Waals surface area contributed by atoms with E-state index in [0.29, 0.717) is 48.3 Å². The standard InChI is InChI=1S/C22H42N6O/c1-14(2)19-13-22(27(4)26-19)25-18-7-9-23-21(12-18)24-17-5-6-20-16(11-17)8-10-28(20)15(3)29/h14,16-26H,5-13H2,1-4H3. The number of carbonyl (C=O) groups excluding carboxylic acids is 1. The van der Waals surface area contributed by atoms with E-state index in [1.54, 1.807) is 6.92 Å². The SMILES string of the molecule is CC(=O)N1CCC2CC(NC3CC(NC4CC(C(C)C)NN4C)CCN3)CCC21. The largest absolute Gasteiger partial charge is 0.340 e. The topological polar surface area (TPSA) is 71.7 Å². The lowest BCUT2D eigenvalue weighted by Gasteiger charge is -2.40. The van der Waals surface area contributed by atoms with E-state index in [-0.39, 0.29) is 5.91 Å². The Balaban J connectivity index is 1.24. The number of hydrogen-bond donors (Lipinski definition) is 4. The van der Waals surface area contributed by atoms with Crippen molar-refractivity contribution in [1.82, 2.24) is 31.3 Å². The van der Waals surface area contributed by atoms with E-state index >= 15 is 0 Å². The van der Waals surface area contributed by atoms with Crippen molar-refractivity contribution in [2.24, 2.45) is 11.8 Å². The van der Waals surface area contributed by atoms with Gasteiger partial charge in [-0.25, -0.2) is 5.01 Å². The minimum absolute atomic E-state index is 0.262. The summed E-state index contributed by atoms with van der Waals surface area (Å²) < 4.78 is 0. The van der Waals surface area contributed by atoms with E-state index in [0.717, 1.165) is 25.9 Å². The number of fused-ring (bicyclic) bond motifs is 1. The van der Waals surface area contributed by atoms with Crippen LogP contribution in [-0.4, -0.2) is 72.5 Å². The van der Waals surface area contributed by atoms with Crippen molar-refractivity contribution < 1.29 is 4.79 Å². The normalized spacial score (nSPS) is 41.1. The van der Waals surface area contributed by atoms with Gasteiger partial charge < -0.3 is 10.2 Å². The molecule has 1 saturated carbocycles. The van der Waals surface area contributed by atoms with Gasteiger partial charge in [-0.2, -0.15) is 0 Å². The number of nitrogens with one attached hydrogen (secondary N) is 4. The van der Waals surface area contributed by atoms with E-state index in [1.165, 1.54) is 32.1 Å². The molecular formula is C22H42N6O. The van der Waals surface area contributed by atoms with Crippen LogP contribution in [0.25, 0.3) is 0 Å². The molecular weight excluding hydrogens is 364 g/mol. The predicted molar refractivity (Wildman–Crippen MR) is 116 cm³/mol. The second kappa shape index (κ2) is 9.18. The van der Waals surface area contributed by atoms with Crippen LogP contribution in [0.5, 0.6) is 0 Å². The third-order valence-electron chi connectivity index (χ3n) is 7.88. The van der Waals surface area contributed by atoms with Crippen molar-refractivity contribution >= 4 is 5.91 Å². The van der Waals surface area contributed by atoms with Crippen molar-refractivity contribution in [3.8, 4) is 0 Å². The van der Waals surface area contributed by atoms with Gasteiger partial charge in [0.05, 0.1) is 12.3 Å². The third kappa shape index (κ3) is 4.96. The van der Waals surface area contributed by atoms with Crippen molar-refractivity contribution in [3.05, 3.63) is 0 Å². The van der Waals surface area contributed by atoms with Crippen LogP contribution in [0.3, 0.4) is 0 Å². The van der Waals surface area contributed by atoms with Crippen LogP contribution in [-0.2, 0) is 4.79 Å². The molecule has 0 aromatic carbocycles. The van der Waals surface area contributed by atoms with E-state index < -0.39 is 0 Å². The molecule has 4 fully saturated rings. The number of likely N-dealkylation sites (tertiary alicyclic amines) is 1. The van der Waals surface area contributed by atoms with E-state index in [1.807, 2.05) is 0 Å². The lowest BCUT2D eigenvalue weighted by atomic mass is 9.81. The quantitative estimate of drug-likeness (QED) is 0.550. The molecule has 0 aromatic heterocycles. The summed E-state index contributed by atoms with van der Waals surface area (Å²) in [6, 6.07) is 2.22. The van der Waals surface area contributed by atoms with Crippen LogP contribution in [0.4, 0.5) is 0 Å². The molecule has 0 aromatic rings. The summed E-state index contributed by atoms with van der Waals surface area (Å²) in [6.07, 6.45) is 9.08. The number of hydrazine groups is 1. The summed E-state index contributed by atoms with van der Waals surface area (Å²) in [4.78, 5) is 14.0. The maximum Gasteiger partial charge on any atom is 0.219 e. The lowest BCUT2D eigenvalue weighted by molar-refractivity contribution is -0.130. The summed E-state index contributed by atoms with van der Waals surface area (Å²) >= 11 is 0. The van der Waals surface area contributed by atoms with Crippen molar-refractivity contribution in [2.45, 2.75) is 102 Å². The first-order chi connectivity index (χ1) is 13.9. The molecule has 1 amide bonds. The van der Waals surface area contributed by atoms with E-state index in [2.05, 4.69) is 52.2 Å². The zero-order chi connectivity index (χ0) is 20.5. The van der Waals surface area contributed by atoms with Crippen LogP contribution in [0.2, 0.25) is 0 Å². The molecule has 7 heteroatoms. The highest BCUT2D eigenvalue weighted by atomic mass is 16.2. The van der Waals surface area contributed by atoms with Gasteiger partial charge in [-0.3, -0.25) is 20.9 Å². The maximum absolute atomic E-state index is 11.8. The number of nitrogens with zero attached hydrogens (tertiary/aromatic N) is 2. The van der Waals surface area contributed by atoms with E-state index in [4.69, 9.17) is 0 Å². The van der Waals surface area contributed by atoms with Crippen LogP contribution in [0, 0.1) is 11.8 Å². The molecule has 166 valence electrons. The fourth-order valence-corrected chi connectivity index (χ4v) is 6.14. The Labute approximate surface area is 176 Å². The Morgan fingerprint density at radius 3 is 2.55 bits per heavy atom. The second-order valence-corrected chi connectivity index (χ2v) is 10.2. The molecule has 3 aliphatic heterocycles. The van der Waals surface area contributed by atoms with Crippen LogP contribution >= 0.6 is 0 Å². The Kier molecular flexibility index (Phi) is 6.81. The van der Waals surface area contributed by atoms with Gasteiger partial charge in [-0.05, 0) is 63.3 Å². The highest BCUT2D eigenvalue weighted by molar-refractivity contribution is 5.74. The Morgan fingerprint density at radius 1 is 1.03 bits per heavy atom. The second-order valence-electron chi connectivity index (χ2n) is 10.2. The molecule has 29 heavy (non-hydrogen) atoms. The zero-order valence-electron chi connectivity index (χ0n) is 18.8. The third-order valence-corrected chi connectivity index (χ3v) is 7.88. The Hall–Kier alpha value is -0.730.